The van der Waals surface area contributed by atoms with Gasteiger partial charge in [0.2, 0.25) is 0 Å². The maximum atomic E-state index is 11.7. The van der Waals surface area contributed by atoms with E-state index >= 15 is 0 Å². The number of para-hydroxylation sites is 1. The first-order valence-corrected chi connectivity index (χ1v) is 6.12. The maximum Gasteiger partial charge on any atom is 0.323 e. The lowest BCUT2D eigenvalue weighted by Gasteiger charge is -2.09. The zero-order chi connectivity index (χ0) is 13.0. The Labute approximate surface area is 113 Å². The van der Waals surface area contributed by atoms with E-state index in [1.165, 1.54) is 0 Å². The third-order valence-electron chi connectivity index (χ3n) is 2.27. The molecular weight excluding hydrogens is 294 g/mol. The summed E-state index contributed by atoms with van der Waals surface area (Å²) in [5, 5.41) is 5.46. The fourth-order valence-electron chi connectivity index (χ4n) is 1.44. The van der Waals surface area contributed by atoms with E-state index in [1.807, 2.05) is 30.3 Å². The van der Waals surface area contributed by atoms with Crippen molar-refractivity contribution in [1.29, 1.82) is 0 Å². The molecule has 2 amide bonds. The van der Waals surface area contributed by atoms with Gasteiger partial charge in [-0.05, 0) is 46.3 Å². The Morgan fingerprint density at radius 3 is 2.44 bits per heavy atom. The Kier molecular flexibility index (Phi) is 3.84. The summed E-state index contributed by atoms with van der Waals surface area (Å²) in [6.07, 6.45) is 0. The quantitative estimate of drug-likeness (QED) is 0.741. The Balaban J connectivity index is 2.03. The molecule has 0 radical (unpaired) electrons. The first-order chi connectivity index (χ1) is 8.65. The molecule has 2 rings (SSSR count). The van der Waals surface area contributed by atoms with E-state index in [-0.39, 0.29) is 6.03 Å². The Bertz CT molecular complexity index is 557. The number of nitrogens with two attached hydrogens (primary N) is 1. The summed E-state index contributed by atoms with van der Waals surface area (Å²) in [5.41, 5.74) is 7.66. The summed E-state index contributed by atoms with van der Waals surface area (Å²) in [4.78, 5) is 11.7. The van der Waals surface area contributed by atoms with E-state index in [0.717, 1.165) is 10.2 Å². The van der Waals surface area contributed by atoms with Crippen molar-refractivity contribution in [3.63, 3.8) is 0 Å². The van der Waals surface area contributed by atoms with Gasteiger partial charge in [-0.15, -0.1) is 0 Å². The number of nitrogen functional groups attached to an aromatic ring is 1. The summed E-state index contributed by atoms with van der Waals surface area (Å²) >= 11 is 3.34. The monoisotopic (exact) mass is 305 g/mol. The molecule has 4 N–H and O–H groups in total. The van der Waals surface area contributed by atoms with Crippen molar-refractivity contribution in [1.82, 2.24) is 0 Å². The number of benzene rings is 2. The molecule has 0 heterocycles. The second kappa shape index (κ2) is 5.55. The normalized spacial score (nSPS) is 9.83. The first kappa shape index (κ1) is 12.4. The number of carbonyl (C=O) groups is 1. The molecule has 0 saturated heterocycles. The molecular formula is C13H12BrN3O. The number of rotatable bonds is 2. The molecule has 0 saturated carbocycles. The van der Waals surface area contributed by atoms with E-state index in [9.17, 15) is 4.79 Å². The second-order valence-corrected chi connectivity index (χ2v) is 4.54. The molecule has 92 valence electrons. The topological polar surface area (TPSA) is 67.1 Å². The van der Waals surface area contributed by atoms with Crippen molar-refractivity contribution < 1.29 is 4.79 Å². The molecule has 0 atom stereocenters. The fourth-order valence-corrected chi connectivity index (χ4v) is 1.93. The third-order valence-corrected chi connectivity index (χ3v) is 2.93. The van der Waals surface area contributed by atoms with Crippen LogP contribution in [0.4, 0.5) is 21.9 Å². The van der Waals surface area contributed by atoms with Crippen LogP contribution in [0.15, 0.2) is 53.0 Å². The molecule has 0 aliphatic rings. The van der Waals surface area contributed by atoms with Crippen molar-refractivity contribution in [2.24, 2.45) is 0 Å². The van der Waals surface area contributed by atoms with Crippen LogP contribution < -0.4 is 16.4 Å². The van der Waals surface area contributed by atoms with Crippen LogP contribution in [0.1, 0.15) is 0 Å². The minimum Gasteiger partial charge on any atom is -0.399 e. The molecule has 0 bridgehead atoms. The second-order valence-electron chi connectivity index (χ2n) is 3.68. The van der Waals surface area contributed by atoms with Gasteiger partial charge in [-0.3, -0.25) is 0 Å². The summed E-state index contributed by atoms with van der Waals surface area (Å²) in [7, 11) is 0. The average molecular weight is 306 g/mol. The fraction of sp³-hybridized carbons (Fsp3) is 0. The van der Waals surface area contributed by atoms with Crippen LogP contribution in [0.5, 0.6) is 0 Å². The molecule has 0 fully saturated rings. The largest absolute Gasteiger partial charge is 0.399 e. The SMILES string of the molecule is Nc1ccc(NC(=O)Nc2ccccc2)c(Br)c1. The summed E-state index contributed by atoms with van der Waals surface area (Å²) in [6, 6.07) is 14.1. The highest BCUT2D eigenvalue weighted by molar-refractivity contribution is 9.10. The zero-order valence-corrected chi connectivity index (χ0v) is 11.1. The number of hydrogen-bond acceptors (Lipinski definition) is 2. The minimum absolute atomic E-state index is 0.299. The van der Waals surface area contributed by atoms with Gasteiger partial charge >= 0.3 is 6.03 Å². The third kappa shape index (κ3) is 3.24. The van der Waals surface area contributed by atoms with Crippen LogP contribution in [0.3, 0.4) is 0 Å². The van der Waals surface area contributed by atoms with E-state index in [1.54, 1.807) is 18.2 Å². The highest BCUT2D eigenvalue weighted by atomic mass is 79.9. The Hall–Kier alpha value is -2.01. The van der Waals surface area contributed by atoms with E-state index in [2.05, 4.69) is 26.6 Å². The lowest BCUT2D eigenvalue weighted by Crippen LogP contribution is -2.19. The molecule has 2 aromatic rings. The molecule has 0 aromatic heterocycles. The highest BCUT2D eigenvalue weighted by Gasteiger charge is 2.05. The first-order valence-electron chi connectivity index (χ1n) is 5.33. The predicted molar refractivity (Wildman–Crippen MR) is 77.6 cm³/mol. The summed E-state index contributed by atoms with van der Waals surface area (Å²) < 4.78 is 0.741. The number of anilines is 3. The standard InChI is InChI=1S/C13H12BrN3O/c14-11-8-9(15)6-7-12(11)17-13(18)16-10-4-2-1-3-5-10/h1-8H,15H2,(H2,16,17,18). The van der Waals surface area contributed by atoms with Crippen molar-refractivity contribution in [2.75, 3.05) is 16.4 Å². The van der Waals surface area contributed by atoms with Crippen molar-refractivity contribution in [3.05, 3.63) is 53.0 Å². The smallest absolute Gasteiger partial charge is 0.323 e. The summed E-state index contributed by atoms with van der Waals surface area (Å²) in [5.74, 6) is 0. The number of carbonyl (C=O) groups excluding carboxylic acids is 1. The number of halogens is 1. The van der Waals surface area contributed by atoms with Gasteiger partial charge in [-0.25, -0.2) is 4.79 Å². The van der Waals surface area contributed by atoms with Crippen LogP contribution in [-0.4, -0.2) is 6.03 Å². The van der Waals surface area contributed by atoms with Gasteiger partial charge in [-0.1, -0.05) is 18.2 Å². The van der Waals surface area contributed by atoms with Gasteiger partial charge in [0.25, 0.3) is 0 Å². The lowest BCUT2D eigenvalue weighted by atomic mass is 10.3. The molecule has 0 aliphatic carbocycles. The molecule has 4 nitrogen and oxygen atoms in total. The van der Waals surface area contributed by atoms with Crippen LogP contribution in [-0.2, 0) is 0 Å². The number of urea groups is 1. The lowest BCUT2D eigenvalue weighted by molar-refractivity contribution is 0.262. The Morgan fingerprint density at radius 1 is 1.06 bits per heavy atom. The van der Waals surface area contributed by atoms with Gasteiger partial charge in [0, 0.05) is 15.8 Å². The highest BCUT2D eigenvalue weighted by Crippen LogP contribution is 2.24. The van der Waals surface area contributed by atoms with Crippen LogP contribution >= 0.6 is 15.9 Å². The van der Waals surface area contributed by atoms with Crippen molar-refractivity contribution in [3.8, 4) is 0 Å². The Morgan fingerprint density at radius 2 is 1.78 bits per heavy atom. The maximum absolute atomic E-state index is 11.7. The van der Waals surface area contributed by atoms with E-state index < -0.39 is 0 Å². The predicted octanol–water partition coefficient (Wildman–Crippen LogP) is 3.68. The van der Waals surface area contributed by atoms with Gasteiger partial charge in [0.15, 0.2) is 0 Å². The molecule has 18 heavy (non-hydrogen) atoms. The van der Waals surface area contributed by atoms with Gasteiger partial charge in [0.05, 0.1) is 5.69 Å². The number of amides is 2. The van der Waals surface area contributed by atoms with Crippen LogP contribution in [0, 0.1) is 0 Å². The molecule has 0 unspecified atom stereocenters. The van der Waals surface area contributed by atoms with Crippen molar-refractivity contribution in [2.45, 2.75) is 0 Å². The van der Waals surface area contributed by atoms with Gasteiger partial charge < -0.3 is 16.4 Å². The van der Waals surface area contributed by atoms with Crippen molar-refractivity contribution >= 4 is 39.0 Å². The van der Waals surface area contributed by atoms with E-state index in [0.29, 0.717) is 11.4 Å². The number of hydrogen-bond donors (Lipinski definition) is 3. The summed E-state index contributed by atoms with van der Waals surface area (Å²) in [6.45, 7) is 0. The van der Waals surface area contributed by atoms with Crippen LogP contribution in [0.25, 0.3) is 0 Å². The zero-order valence-electron chi connectivity index (χ0n) is 9.48. The number of nitrogens with one attached hydrogen (secondary N) is 2. The molecule has 0 aliphatic heterocycles. The molecule has 2 aromatic carbocycles. The van der Waals surface area contributed by atoms with Gasteiger partial charge in [0.1, 0.15) is 0 Å². The molecule has 5 heteroatoms. The van der Waals surface area contributed by atoms with Crippen LogP contribution in [0.2, 0.25) is 0 Å². The van der Waals surface area contributed by atoms with Gasteiger partial charge in [-0.2, -0.15) is 0 Å². The van der Waals surface area contributed by atoms with E-state index in [4.69, 9.17) is 5.73 Å². The average Bonchev–Trinajstić information content (AvgIpc) is 2.34. The molecule has 0 spiro atoms. The minimum atomic E-state index is -0.299.